The minimum Gasteiger partial charge on any atom is -0.492 e. The lowest BCUT2D eigenvalue weighted by molar-refractivity contribution is 0.341. The van der Waals surface area contributed by atoms with Gasteiger partial charge in [0.25, 0.3) is 0 Å². The highest BCUT2D eigenvalue weighted by atomic mass is 16.5. The van der Waals surface area contributed by atoms with Gasteiger partial charge in [-0.1, -0.05) is 146 Å². The van der Waals surface area contributed by atoms with Crippen LogP contribution in [0.1, 0.15) is 29.2 Å². The van der Waals surface area contributed by atoms with E-state index in [2.05, 4.69) is 138 Å². The fraction of sp³-hybridized carbons (Fsp3) is 0.0500. The summed E-state index contributed by atoms with van der Waals surface area (Å²) < 4.78 is 6.03. The molecule has 5 aromatic rings. The first-order valence-electron chi connectivity index (χ1n) is 14.3. The van der Waals surface area contributed by atoms with Crippen molar-refractivity contribution in [2.75, 3.05) is 11.5 Å². The van der Waals surface area contributed by atoms with Gasteiger partial charge in [-0.25, -0.2) is 0 Å². The highest BCUT2D eigenvalue weighted by Crippen LogP contribution is 2.40. The minimum atomic E-state index is 0.602. The van der Waals surface area contributed by atoms with Crippen molar-refractivity contribution in [2.45, 2.75) is 6.92 Å². The smallest absolute Gasteiger partial charge is 0.143 e. The van der Waals surface area contributed by atoms with E-state index in [0.29, 0.717) is 6.61 Å². The average Bonchev–Trinajstić information content (AvgIpc) is 3.05. The SMILES string of the molecule is CCOc1ccccc1N(c1ccc(/C=C/C=C/c2ccccc2)cc1)c1ccc(/C=C/C=C/c2ccccc2)cc1. The Labute approximate surface area is 249 Å². The van der Waals surface area contributed by atoms with E-state index >= 15 is 0 Å². The molecule has 0 bridgehead atoms. The molecule has 0 saturated heterocycles. The number of rotatable bonds is 11. The van der Waals surface area contributed by atoms with Gasteiger partial charge in [0.15, 0.2) is 0 Å². The van der Waals surface area contributed by atoms with E-state index in [1.54, 1.807) is 0 Å². The minimum absolute atomic E-state index is 0.602. The topological polar surface area (TPSA) is 12.5 Å². The molecule has 0 N–H and O–H groups in total. The normalized spacial score (nSPS) is 11.6. The fourth-order valence-electron chi connectivity index (χ4n) is 4.61. The number of para-hydroxylation sites is 2. The Bertz CT molecular complexity index is 1540. The predicted molar refractivity (Wildman–Crippen MR) is 181 cm³/mol. The second-order valence-electron chi connectivity index (χ2n) is 9.68. The van der Waals surface area contributed by atoms with Crippen molar-refractivity contribution < 1.29 is 4.74 Å². The van der Waals surface area contributed by atoms with Crippen LogP contribution >= 0.6 is 0 Å². The van der Waals surface area contributed by atoms with Crippen LogP contribution in [-0.4, -0.2) is 6.61 Å². The van der Waals surface area contributed by atoms with Crippen molar-refractivity contribution in [3.8, 4) is 5.75 Å². The fourth-order valence-corrected chi connectivity index (χ4v) is 4.61. The molecular formula is C40H35NO. The number of anilines is 3. The summed E-state index contributed by atoms with van der Waals surface area (Å²) in [5, 5.41) is 0. The zero-order valence-corrected chi connectivity index (χ0v) is 23.9. The van der Waals surface area contributed by atoms with E-state index in [-0.39, 0.29) is 0 Å². The Hall–Kier alpha value is -5.34. The molecule has 0 aliphatic carbocycles. The second-order valence-corrected chi connectivity index (χ2v) is 9.68. The van der Waals surface area contributed by atoms with Crippen LogP contribution in [0.3, 0.4) is 0 Å². The number of ether oxygens (including phenoxy) is 1. The molecule has 2 nitrogen and oxygen atoms in total. The molecule has 0 fully saturated rings. The Morgan fingerprint density at radius 3 is 1.26 bits per heavy atom. The van der Waals surface area contributed by atoms with Gasteiger partial charge in [-0.15, -0.1) is 0 Å². The van der Waals surface area contributed by atoms with Crippen molar-refractivity contribution in [1.82, 2.24) is 0 Å². The van der Waals surface area contributed by atoms with Gasteiger partial charge in [0.2, 0.25) is 0 Å². The van der Waals surface area contributed by atoms with E-state index in [0.717, 1.165) is 33.9 Å². The highest BCUT2D eigenvalue weighted by Gasteiger charge is 2.16. The largest absolute Gasteiger partial charge is 0.492 e. The second kappa shape index (κ2) is 14.9. The van der Waals surface area contributed by atoms with Gasteiger partial charge in [0, 0.05) is 11.4 Å². The summed E-state index contributed by atoms with van der Waals surface area (Å²) >= 11 is 0. The molecule has 0 atom stereocenters. The molecule has 0 spiro atoms. The Kier molecular flexibility index (Phi) is 9.99. The summed E-state index contributed by atoms with van der Waals surface area (Å²) in [6.45, 7) is 2.62. The van der Waals surface area contributed by atoms with Crippen LogP contribution in [-0.2, 0) is 0 Å². The summed E-state index contributed by atoms with van der Waals surface area (Å²) in [6.07, 6.45) is 16.7. The van der Waals surface area contributed by atoms with Crippen molar-refractivity contribution >= 4 is 41.4 Å². The Balaban J connectivity index is 1.37. The van der Waals surface area contributed by atoms with E-state index < -0.39 is 0 Å². The number of benzene rings is 5. The third-order valence-electron chi connectivity index (χ3n) is 6.68. The lowest BCUT2D eigenvalue weighted by Gasteiger charge is -2.27. The maximum atomic E-state index is 6.03. The van der Waals surface area contributed by atoms with Gasteiger partial charge >= 0.3 is 0 Å². The first kappa shape index (κ1) is 28.2. The lowest BCUT2D eigenvalue weighted by atomic mass is 10.1. The zero-order chi connectivity index (χ0) is 28.8. The molecule has 0 unspecified atom stereocenters. The third kappa shape index (κ3) is 7.87. The van der Waals surface area contributed by atoms with Crippen LogP contribution in [0.2, 0.25) is 0 Å². The number of allylic oxidation sites excluding steroid dienone is 4. The van der Waals surface area contributed by atoms with Crippen LogP contribution in [0.15, 0.2) is 158 Å². The van der Waals surface area contributed by atoms with Crippen LogP contribution < -0.4 is 9.64 Å². The summed E-state index contributed by atoms with van der Waals surface area (Å²) in [7, 11) is 0. The molecular weight excluding hydrogens is 510 g/mol. The maximum absolute atomic E-state index is 6.03. The van der Waals surface area contributed by atoms with Crippen LogP contribution in [0.5, 0.6) is 5.75 Å². The van der Waals surface area contributed by atoms with Crippen molar-refractivity contribution in [3.05, 3.63) is 180 Å². The molecule has 206 valence electrons. The number of hydrogen-bond acceptors (Lipinski definition) is 2. The molecule has 0 heterocycles. The first-order valence-corrected chi connectivity index (χ1v) is 14.3. The van der Waals surface area contributed by atoms with E-state index in [9.17, 15) is 0 Å². The first-order chi connectivity index (χ1) is 20.8. The molecule has 0 radical (unpaired) electrons. The highest BCUT2D eigenvalue weighted by molar-refractivity contribution is 5.81. The lowest BCUT2D eigenvalue weighted by Crippen LogP contribution is -2.11. The number of nitrogens with zero attached hydrogens (tertiary/aromatic N) is 1. The monoisotopic (exact) mass is 545 g/mol. The van der Waals surface area contributed by atoms with E-state index in [1.165, 1.54) is 11.1 Å². The molecule has 0 aliphatic heterocycles. The van der Waals surface area contributed by atoms with Crippen molar-refractivity contribution in [3.63, 3.8) is 0 Å². The Morgan fingerprint density at radius 2 is 0.833 bits per heavy atom. The summed E-state index contributed by atoms with van der Waals surface area (Å²) in [5.41, 5.74) is 7.78. The summed E-state index contributed by atoms with van der Waals surface area (Å²) in [5.74, 6) is 0.852. The standard InChI is InChI=1S/C40H35NO/c1-2-42-40-24-14-13-23-39(40)41(37-29-25-35(26-30-37)21-11-9-19-33-15-5-3-6-16-33)38-31-27-36(28-32-38)22-12-10-20-34-17-7-4-8-18-34/h3-32H,2H2,1H3/b19-9+,20-10+,21-11+,22-12+. The van der Waals surface area contributed by atoms with Gasteiger partial charge in [-0.3, -0.25) is 0 Å². The Morgan fingerprint density at radius 1 is 0.452 bits per heavy atom. The van der Waals surface area contributed by atoms with Crippen LogP contribution in [0.25, 0.3) is 24.3 Å². The summed E-state index contributed by atoms with van der Waals surface area (Å²) in [4.78, 5) is 2.25. The maximum Gasteiger partial charge on any atom is 0.143 e. The van der Waals surface area contributed by atoms with Gasteiger partial charge in [-0.05, 0) is 65.6 Å². The van der Waals surface area contributed by atoms with Crippen LogP contribution in [0.4, 0.5) is 17.1 Å². The third-order valence-corrected chi connectivity index (χ3v) is 6.68. The average molecular weight is 546 g/mol. The number of hydrogen-bond donors (Lipinski definition) is 0. The molecule has 5 rings (SSSR count). The van der Waals surface area contributed by atoms with Crippen molar-refractivity contribution in [2.24, 2.45) is 0 Å². The molecule has 42 heavy (non-hydrogen) atoms. The summed E-state index contributed by atoms with van der Waals surface area (Å²) in [6, 6.07) is 46.1. The predicted octanol–water partition coefficient (Wildman–Crippen LogP) is 11.0. The molecule has 5 aromatic carbocycles. The molecule has 0 aromatic heterocycles. The van der Waals surface area contributed by atoms with Crippen molar-refractivity contribution in [1.29, 1.82) is 0 Å². The quantitative estimate of drug-likeness (QED) is 0.153. The van der Waals surface area contributed by atoms with E-state index in [4.69, 9.17) is 4.74 Å². The van der Waals surface area contributed by atoms with Gasteiger partial charge in [-0.2, -0.15) is 0 Å². The molecule has 0 amide bonds. The molecule has 0 aliphatic rings. The van der Waals surface area contributed by atoms with E-state index in [1.807, 2.05) is 55.5 Å². The molecule has 0 saturated carbocycles. The van der Waals surface area contributed by atoms with Crippen LogP contribution in [0, 0.1) is 0 Å². The molecule has 2 heteroatoms. The van der Waals surface area contributed by atoms with Gasteiger partial charge in [0.1, 0.15) is 5.75 Å². The zero-order valence-electron chi connectivity index (χ0n) is 23.9. The van der Waals surface area contributed by atoms with Gasteiger partial charge in [0.05, 0.1) is 12.3 Å². The van der Waals surface area contributed by atoms with Gasteiger partial charge < -0.3 is 9.64 Å².